The third-order valence-corrected chi connectivity index (χ3v) is 3.18. The summed E-state index contributed by atoms with van der Waals surface area (Å²) in [7, 11) is 0. The summed E-state index contributed by atoms with van der Waals surface area (Å²) in [4.78, 5) is 10.7. The van der Waals surface area contributed by atoms with Crippen molar-refractivity contribution in [2.75, 3.05) is 6.61 Å². The quantitative estimate of drug-likeness (QED) is 0.710. The summed E-state index contributed by atoms with van der Waals surface area (Å²) < 4.78 is 5.71. The molecule has 1 saturated carbocycles. The highest BCUT2D eigenvalue weighted by Gasteiger charge is 2.44. The molecule has 0 N–H and O–H groups in total. The molecular weight excluding hydrogens is 200 g/mol. The van der Waals surface area contributed by atoms with E-state index in [2.05, 4.69) is 19.9 Å². The van der Waals surface area contributed by atoms with Crippen molar-refractivity contribution in [2.24, 2.45) is 0 Å². The molecule has 1 aromatic rings. The SMILES string of the molecule is CC(C)OCC1(c2cccc(C=O)c2)CC1. The lowest BCUT2D eigenvalue weighted by molar-refractivity contribution is 0.0619. The highest BCUT2D eigenvalue weighted by atomic mass is 16.5. The Morgan fingerprint density at radius 1 is 1.44 bits per heavy atom. The van der Waals surface area contributed by atoms with Gasteiger partial charge in [-0.25, -0.2) is 0 Å². The van der Waals surface area contributed by atoms with Gasteiger partial charge in [0.15, 0.2) is 0 Å². The van der Waals surface area contributed by atoms with E-state index in [9.17, 15) is 4.79 Å². The Balaban J connectivity index is 2.13. The fourth-order valence-corrected chi connectivity index (χ4v) is 1.94. The minimum Gasteiger partial charge on any atom is -0.378 e. The monoisotopic (exact) mass is 218 g/mol. The zero-order valence-electron chi connectivity index (χ0n) is 9.90. The van der Waals surface area contributed by atoms with Crippen LogP contribution in [-0.4, -0.2) is 19.0 Å². The van der Waals surface area contributed by atoms with E-state index in [4.69, 9.17) is 4.74 Å². The first-order valence-electron chi connectivity index (χ1n) is 5.84. The van der Waals surface area contributed by atoms with Crippen molar-refractivity contribution in [3.63, 3.8) is 0 Å². The molecule has 16 heavy (non-hydrogen) atoms. The largest absolute Gasteiger partial charge is 0.378 e. The molecule has 0 bridgehead atoms. The first-order valence-corrected chi connectivity index (χ1v) is 5.84. The van der Waals surface area contributed by atoms with Gasteiger partial charge >= 0.3 is 0 Å². The Morgan fingerprint density at radius 3 is 2.75 bits per heavy atom. The summed E-state index contributed by atoms with van der Waals surface area (Å²) in [5.74, 6) is 0. The highest BCUT2D eigenvalue weighted by Crippen LogP contribution is 2.48. The molecule has 1 aliphatic carbocycles. The lowest BCUT2D eigenvalue weighted by Gasteiger charge is -2.18. The summed E-state index contributed by atoms with van der Waals surface area (Å²) in [5.41, 5.74) is 2.19. The maximum atomic E-state index is 10.7. The van der Waals surface area contributed by atoms with Crippen LogP contribution in [0.5, 0.6) is 0 Å². The van der Waals surface area contributed by atoms with E-state index >= 15 is 0 Å². The van der Waals surface area contributed by atoms with E-state index in [1.807, 2.05) is 18.2 Å². The third-order valence-electron chi connectivity index (χ3n) is 3.18. The average molecular weight is 218 g/mol. The molecule has 0 aliphatic heterocycles. The Morgan fingerprint density at radius 2 is 2.19 bits per heavy atom. The molecule has 1 aliphatic rings. The van der Waals surface area contributed by atoms with E-state index in [-0.39, 0.29) is 11.5 Å². The average Bonchev–Trinajstić information content (AvgIpc) is 3.08. The van der Waals surface area contributed by atoms with E-state index in [0.717, 1.165) is 18.5 Å². The molecule has 0 aromatic heterocycles. The fraction of sp³-hybridized carbons (Fsp3) is 0.500. The number of rotatable bonds is 5. The van der Waals surface area contributed by atoms with Crippen molar-refractivity contribution in [1.82, 2.24) is 0 Å². The molecule has 0 radical (unpaired) electrons. The standard InChI is InChI=1S/C14H18O2/c1-11(2)16-10-14(6-7-14)13-5-3-4-12(8-13)9-15/h3-5,8-9,11H,6-7,10H2,1-2H3. The molecule has 0 amide bonds. The van der Waals surface area contributed by atoms with Crippen molar-refractivity contribution in [2.45, 2.75) is 38.2 Å². The van der Waals surface area contributed by atoms with Gasteiger partial charge in [0.05, 0.1) is 12.7 Å². The normalized spacial score (nSPS) is 17.4. The molecule has 86 valence electrons. The van der Waals surface area contributed by atoms with Gasteiger partial charge in [-0.3, -0.25) is 4.79 Å². The second kappa shape index (κ2) is 4.38. The van der Waals surface area contributed by atoms with Gasteiger partial charge in [0.2, 0.25) is 0 Å². The third kappa shape index (κ3) is 2.33. The van der Waals surface area contributed by atoms with Crippen LogP contribution in [0.2, 0.25) is 0 Å². The maximum Gasteiger partial charge on any atom is 0.150 e. The summed E-state index contributed by atoms with van der Waals surface area (Å²) >= 11 is 0. The van der Waals surface area contributed by atoms with Crippen LogP contribution < -0.4 is 0 Å². The molecule has 2 nitrogen and oxygen atoms in total. The number of ether oxygens (including phenoxy) is 1. The molecule has 0 spiro atoms. The van der Waals surface area contributed by atoms with Gasteiger partial charge < -0.3 is 4.74 Å². The van der Waals surface area contributed by atoms with E-state index in [0.29, 0.717) is 0 Å². The number of benzene rings is 1. The van der Waals surface area contributed by atoms with Crippen LogP contribution in [-0.2, 0) is 10.2 Å². The predicted molar refractivity (Wildman–Crippen MR) is 63.8 cm³/mol. The molecule has 1 fully saturated rings. The van der Waals surface area contributed by atoms with Crippen LogP contribution in [0, 0.1) is 0 Å². The lowest BCUT2D eigenvalue weighted by Crippen LogP contribution is -2.18. The van der Waals surface area contributed by atoms with Crippen LogP contribution in [0.1, 0.15) is 42.6 Å². The minimum absolute atomic E-state index is 0.184. The van der Waals surface area contributed by atoms with Gasteiger partial charge in [-0.2, -0.15) is 0 Å². The number of hydrogen-bond acceptors (Lipinski definition) is 2. The van der Waals surface area contributed by atoms with Crippen molar-refractivity contribution in [3.8, 4) is 0 Å². The number of hydrogen-bond donors (Lipinski definition) is 0. The molecule has 0 saturated heterocycles. The van der Waals surface area contributed by atoms with Crippen LogP contribution in [0.15, 0.2) is 24.3 Å². The van der Waals surface area contributed by atoms with E-state index < -0.39 is 0 Å². The Bertz CT molecular complexity index is 378. The Kier molecular flexibility index (Phi) is 3.10. The van der Waals surface area contributed by atoms with Crippen LogP contribution in [0.3, 0.4) is 0 Å². The Labute approximate surface area is 96.6 Å². The lowest BCUT2D eigenvalue weighted by atomic mass is 9.95. The molecule has 2 heteroatoms. The smallest absolute Gasteiger partial charge is 0.150 e. The van der Waals surface area contributed by atoms with Crippen molar-refractivity contribution < 1.29 is 9.53 Å². The van der Waals surface area contributed by atoms with Gasteiger partial charge in [0.25, 0.3) is 0 Å². The number of carbonyl (C=O) groups is 1. The zero-order chi connectivity index (χ0) is 11.6. The van der Waals surface area contributed by atoms with Gasteiger partial charge in [-0.15, -0.1) is 0 Å². The molecule has 0 atom stereocenters. The zero-order valence-corrected chi connectivity index (χ0v) is 9.90. The summed E-state index contributed by atoms with van der Waals surface area (Å²) in [6.45, 7) is 4.88. The minimum atomic E-state index is 0.184. The van der Waals surface area contributed by atoms with Crippen molar-refractivity contribution >= 4 is 6.29 Å². The van der Waals surface area contributed by atoms with Gasteiger partial charge in [-0.05, 0) is 38.3 Å². The van der Waals surface area contributed by atoms with Crippen LogP contribution in [0.25, 0.3) is 0 Å². The van der Waals surface area contributed by atoms with Crippen LogP contribution >= 0.6 is 0 Å². The first-order chi connectivity index (χ1) is 7.66. The van der Waals surface area contributed by atoms with Gasteiger partial charge in [0.1, 0.15) is 6.29 Å². The van der Waals surface area contributed by atoms with E-state index in [1.54, 1.807) is 0 Å². The summed E-state index contributed by atoms with van der Waals surface area (Å²) in [6.07, 6.45) is 3.51. The molecule has 1 aromatic carbocycles. The van der Waals surface area contributed by atoms with Crippen molar-refractivity contribution in [3.05, 3.63) is 35.4 Å². The molecule has 2 rings (SSSR count). The van der Waals surface area contributed by atoms with Crippen LogP contribution in [0.4, 0.5) is 0 Å². The summed E-state index contributed by atoms with van der Waals surface area (Å²) in [6, 6.07) is 7.89. The second-order valence-corrected chi connectivity index (χ2v) is 4.88. The second-order valence-electron chi connectivity index (χ2n) is 4.88. The van der Waals surface area contributed by atoms with Crippen molar-refractivity contribution in [1.29, 1.82) is 0 Å². The van der Waals surface area contributed by atoms with Gasteiger partial charge in [0, 0.05) is 11.0 Å². The predicted octanol–water partition coefficient (Wildman–Crippen LogP) is 2.96. The first kappa shape index (κ1) is 11.3. The maximum absolute atomic E-state index is 10.7. The van der Waals surface area contributed by atoms with Gasteiger partial charge in [-0.1, -0.05) is 18.2 Å². The fourth-order valence-electron chi connectivity index (χ4n) is 1.94. The van der Waals surface area contributed by atoms with E-state index in [1.165, 1.54) is 18.4 Å². The number of carbonyl (C=O) groups excluding carboxylic acids is 1. The molecular formula is C14H18O2. The Hall–Kier alpha value is -1.15. The highest BCUT2D eigenvalue weighted by molar-refractivity contribution is 5.75. The molecule has 0 heterocycles. The molecule has 0 unspecified atom stereocenters. The number of aldehydes is 1. The summed E-state index contributed by atoms with van der Waals surface area (Å²) in [5, 5.41) is 0. The topological polar surface area (TPSA) is 26.3 Å².